The third-order valence-corrected chi connectivity index (χ3v) is 5.82. The first kappa shape index (κ1) is 21.4. The van der Waals surface area contributed by atoms with E-state index in [4.69, 9.17) is 0 Å². The van der Waals surface area contributed by atoms with Crippen molar-refractivity contribution in [2.24, 2.45) is 0 Å². The maximum absolute atomic E-state index is 13.0. The number of carbonyl (C=O) groups is 2. The van der Waals surface area contributed by atoms with Crippen LogP contribution in [0.25, 0.3) is 0 Å². The monoisotopic (exact) mass is 457 g/mol. The molecule has 0 aromatic heterocycles. The lowest BCUT2D eigenvalue weighted by molar-refractivity contribution is 0.0938. The zero-order chi connectivity index (χ0) is 20.8. The van der Waals surface area contributed by atoms with Crippen LogP contribution >= 0.6 is 15.9 Å². The summed E-state index contributed by atoms with van der Waals surface area (Å²) in [4.78, 5) is 27.8. The van der Waals surface area contributed by atoms with E-state index in [-0.39, 0.29) is 17.9 Å². The number of benzene rings is 2. The van der Waals surface area contributed by atoms with Crippen LogP contribution in [0.3, 0.4) is 0 Å². The lowest BCUT2D eigenvalue weighted by Gasteiger charge is -2.31. The van der Waals surface area contributed by atoms with Crippen molar-refractivity contribution in [2.45, 2.75) is 45.6 Å². The summed E-state index contributed by atoms with van der Waals surface area (Å²) in [7, 11) is 0. The topological polar surface area (TPSA) is 61.4 Å². The summed E-state index contributed by atoms with van der Waals surface area (Å²) in [5.74, 6) is -0.295. The summed E-state index contributed by atoms with van der Waals surface area (Å²) in [5.41, 5.74) is 2.74. The van der Waals surface area contributed by atoms with Crippen LogP contribution in [0.15, 0.2) is 46.9 Å². The molecule has 2 aromatic rings. The first-order valence-electron chi connectivity index (χ1n) is 10.2. The van der Waals surface area contributed by atoms with Crippen molar-refractivity contribution in [2.75, 3.05) is 23.3 Å². The predicted molar refractivity (Wildman–Crippen MR) is 122 cm³/mol. The van der Waals surface area contributed by atoms with E-state index in [1.807, 2.05) is 38.1 Å². The number of hydrogen-bond donors (Lipinski definition) is 2. The molecule has 29 heavy (non-hydrogen) atoms. The van der Waals surface area contributed by atoms with Crippen molar-refractivity contribution in [1.82, 2.24) is 5.32 Å². The van der Waals surface area contributed by atoms with E-state index in [0.29, 0.717) is 16.8 Å². The van der Waals surface area contributed by atoms with Gasteiger partial charge in [0.25, 0.3) is 11.8 Å². The zero-order valence-corrected chi connectivity index (χ0v) is 18.6. The van der Waals surface area contributed by atoms with Gasteiger partial charge in [-0.25, -0.2) is 0 Å². The molecule has 1 heterocycles. The first-order chi connectivity index (χ1) is 14.0. The lowest BCUT2D eigenvalue weighted by atomic mass is 10.0. The van der Waals surface area contributed by atoms with Crippen LogP contribution in [0.5, 0.6) is 0 Å². The Morgan fingerprint density at radius 2 is 1.72 bits per heavy atom. The molecule has 0 saturated carbocycles. The molecular formula is C23H28BrN3O2. The smallest absolute Gasteiger partial charge is 0.255 e. The highest BCUT2D eigenvalue weighted by atomic mass is 79.9. The van der Waals surface area contributed by atoms with Gasteiger partial charge in [0.1, 0.15) is 0 Å². The van der Waals surface area contributed by atoms with E-state index in [1.165, 1.54) is 6.42 Å². The van der Waals surface area contributed by atoms with E-state index in [1.54, 1.807) is 18.2 Å². The van der Waals surface area contributed by atoms with Crippen molar-refractivity contribution in [1.29, 1.82) is 0 Å². The molecule has 1 aliphatic heterocycles. The highest BCUT2D eigenvalue weighted by molar-refractivity contribution is 9.10. The maximum atomic E-state index is 13.0. The summed E-state index contributed by atoms with van der Waals surface area (Å²) in [6.45, 7) is 5.95. The Hall–Kier alpha value is -2.34. The molecule has 1 saturated heterocycles. The van der Waals surface area contributed by atoms with Gasteiger partial charge in [-0.2, -0.15) is 0 Å². The molecule has 1 aliphatic rings. The maximum Gasteiger partial charge on any atom is 0.255 e. The van der Waals surface area contributed by atoms with Crippen LogP contribution < -0.4 is 15.5 Å². The van der Waals surface area contributed by atoms with Gasteiger partial charge in [0.2, 0.25) is 0 Å². The third kappa shape index (κ3) is 5.60. The molecule has 1 fully saturated rings. The van der Waals surface area contributed by atoms with Gasteiger partial charge in [-0.15, -0.1) is 0 Å². The summed E-state index contributed by atoms with van der Waals surface area (Å²) in [6.07, 6.45) is 4.36. The molecule has 2 aromatic carbocycles. The van der Waals surface area contributed by atoms with E-state index >= 15 is 0 Å². The van der Waals surface area contributed by atoms with Crippen molar-refractivity contribution >= 4 is 39.1 Å². The second kappa shape index (κ2) is 9.92. The van der Waals surface area contributed by atoms with Crippen LogP contribution in [0.1, 0.15) is 60.2 Å². The van der Waals surface area contributed by atoms with Crippen molar-refractivity contribution in [3.8, 4) is 0 Å². The Kier molecular flexibility index (Phi) is 7.31. The van der Waals surface area contributed by atoms with Crippen LogP contribution in [0.4, 0.5) is 11.4 Å². The molecular weight excluding hydrogens is 430 g/mol. The summed E-state index contributed by atoms with van der Waals surface area (Å²) < 4.78 is 0.920. The molecule has 154 valence electrons. The number of rotatable bonds is 6. The first-order valence-corrected chi connectivity index (χ1v) is 11.0. The van der Waals surface area contributed by atoms with E-state index < -0.39 is 0 Å². The van der Waals surface area contributed by atoms with Crippen LogP contribution in [-0.4, -0.2) is 30.9 Å². The number of carbonyl (C=O) groups excluding carboxylic acids is 2. The van der Waals surface area contributed by atoms with Gasteiger partial charge in [-0.3, -0.25) is 9.59 Å². The SMILES string of the molecule is CCC(C)NC(=O)c1cc(NC(=O)c2ccc(Br)cc2)ccc1N1CCCCC1. The lowest BCUT2D eigenvalue weighted by Crippen LogP contribution is -2.35. The van der Waals surface area contributed by atoms with Gasteiger partial charge in [0.05, 0.1) is 5.56 Å². The minimum Gasteiger partial charge on any atom is -0.371 e. The Bertz CT molecular complexity index is 861. The van der Waals surface area contributed by atoms with Crippen LogP contribution in [-0.2, 0) is 0 Å². The minimum atomic E-state index is -0.198. The van der Waals surface area contributed by atoms with E-state index in [0.717, 1.165) is 42.5 Å². The molecule has 3 rings (SSSR count). The van der Waals surface area contributed by atoms with E-state index in [2.05, 4.69) is 31.5 Å². The Morgan fingerprint density at radius 1 is 1.03 bits per heavy atom. The molecule has 1 unspecified atom stereocenters. The molecule has 1 atom stereocenters. The number of nitrogens with zero attached hydrogens (tertiary/aromatic N) is 1. The Balaban J connectivity index is 1.86. The molecule has 2 amide bonds. The number of halogens is 1. The normalized spacial score (nSPS) is 14.9. The molecule has 0 aliphatic carbocycles. The van der Waals surface area contributed by atoms with Gasteiger partial charge in [0.15, 0.2) is 0 Å². The average Bonchev–Trinajstić information content (AvgIpc) is 2.74. The van der Waals surface area contributed by atoms with Gasteiger partial charge in [-0.05, 0) is 75.1 Å². The molecule has 6 heteroatoms. The van der Waals surface area contributed by atoms with Crippen molar-refractivity contribution < 1.29 is 9.59 Å². The second-order valence-corrected chi connectivity index (χ2v) is 8.44. The summed E-state index contributed by atoms with van der Waals surface area (Å²) in [5, 5.41) is 5.98. The van der Waals surface area contributed by atoms with Gasteiger partial charge < -0.3 is 15.5 Å². The molecule has 0 radical (unpaired) electrons. The summed E-state index contributed by atoms with van der Waals surface area (Å²) in [6, 6.07) is 12.9. The molecule has 5 nitrogen and oxygen atoms in total. The zero-order valence-electron chi connectivity index (χ0n) is 17.0. The molecule has 0 bridgehead atoms. The van der Waals surface area contributed by atoms with Crippen LogP contribution in [0.2, 0.25) is 0 Å². The van der Waals surface area contributed by atoms with Crippen LogP contribution in [0, 0.1) is 0 Å². The second-order valence-electron chi connectivity index (χ2n) is 7.52. The quantitative estimate of drug-likeness (QED) is 0.624. The third-order valence-electron chi connectivity index (χ3n) is 5.29. The number of amides is 2. The molecule has 0 spiro atoms. The standard InChI is InChI=1S/C23H28BrN3O2/c1-3-16(2)25-23(29)20-15-19(11-12-21(20)27-13-5-4-6-14-27)26-22(28)17-7-9-18(24)10-8-17/h7-12,15-16H,3-6,13-14H2,1-2H3,(H,25,29)(H,26,28). The Morgan fingerprint density at radius 3 is 2.38 bits per heavy atom. The highest BCUT2D eigenvalue weighted by Crippen LogP contribution is 2.28. The fourth-order valence-corrected chi connectivity index (χ4v) is 3.68. The Labute approximate surface area is 181 Å². The van der Waals surface area contributed by atoms with Crippen molar-refractivity contribution in [3.05, 3.63) is 58.1 Å². The fourth-order valence-electron chi connectivity index (χ4n) is 3.41. The number of hydrogen-bond acceptors (Lipinski definition) is 3. The van der Waals surface area contributed by atoms with Gasteiger partial charge >= 0.3 is 0 Å². The molecule has 2 N–H and O–H groups in total. The highest BCUT2D eigenvalue weighted by Gasteiger charge is 2.20. The van der Waals surface area contributed by atoms with Gasteiger partial charge in [0, 0.05) is 40.5 Å². The van der Waals surface area contributed by atoms with E-state index in [9.17, 15) is 9.59 Å². The predicted octanol–water partition coefficient (Wildman–Crippen LogP) is 5.22. The summed E-state index contributed by atoms with van der Waals surface area (Å²) >= 11 is 3.38. The largest absolute Gasteiger partial charge is 0.371 e. The average molecular weight is 458 g/mol. The number of piperidine rings is 1. The number of nitrogens with one attached hydrogen (secondary N) is 2. The van der Waals surface area contributed by atoms with Gasteiger partial charge in [-0.1, -0.05) is 22.9 Å². The number of anilines is 2. The minimum absolute atomic E-state index is 0.0951. The fraction of sp³-hybridized carbons (Fsp3) is 0.391. The van der Waals surface area contributed by atoms with Crippen molar-refractivity contribution in [3.63, 3.8) is 0 Å².